The van der Waals surface area contributed by atoms with Crippen LogP contribution in [0.1, 0.15) is 52.9 Å². The monoisotopic (exact) mass is 266 g/mol. The minimum absolute atomic E-state index is 0.170. The summed E-state index contributed by atoms with van der Waals surface area (Å²) in [6.45, 7) is 11.9. The van der Waals surface area contributed by atoms with Crippen molar-refractivity contribution in [2.45, 2.75) is 59.2 Å². The standard InChI is InChI=1S/C14H26N4O/c1-9(2)7-19-12-6-11(14(12,4)5)17-10(3)13-15-8-16-18-13/h8-12,17H,6-7H2,1-5H3,(H,15,16,18). The number of rotatable bonds is 6. The van der Waals surface area contributed by atoms with E-state index in [0.717, 1.165) is 18.9 Å². The molecule has 2 N–H and O–H groups in total. The first-order valence-corrected chi connectivity index (χ1v) is 7.14. The first kappa shape index (κ1) is 14.5. The number of aromatic nitrogens is 3. The Morgan fingerprint density at radius 1 is 1.47 bits per heavy atom. The predicted molar refractivity (Wildman–Crippen MR) is 74.7 cm³/mol. The Labute approximate surface area is 115 Å². The highest BCUT2D eigenvalue weighted by Gasteiger charge is 2.49. The number of nitrogens with one attached hydrogen (secondary N) is 2. The third kappa shape index (κ3) is 3.15. The molecule has 108 valence electrons. The molecular weight excluding hydrogens is 240 g/mol. The lowest BCUT2D eigenvalue weighted by Gasteiger charge is -2.52. The van der Waals surface area contributed by atoms with Crippen molar-refractivity contribution in [1.29, 1.82) is 0 Å². The summed E-state index contributed by atoms with van der Waals surface area (Å²) >= 11 is 0. The predicted octanol–water partition coefficient (Wildman–Crippen LogP) is 2.29. The van der Waals surface area contributed by atoms with Gasteiger partial charge in [0.15, 0.2) is 0 Å². The van der Waals surface area contributed by atoms with Crippen molar-refractivity contribution in [2.24, 2.45) is 11.3 Å². The molecule has 3 unspecified atom stereocenters. The summed E-state index contributed by atoms with van der Waals surface area (Å²) in [5.74, 6) is 1.48. The molecule has 3 atom stereocenters. The summed E-state index contributed by atoms with van der Waals surface area (Å²) < 4.78 is 5.98. The van der Waals surface area contributed by atoms with Crippen LogP contribution >= 0.6 is 0 Å². The molecule has 5 nitrogen and oxygen atoms in total. The van der Waals surface area contributed by atoms with Gasteiger partial charge in [0.25, 0.3) is 0 Å². The Balaban J connectivity index is 1.84. The van der Waals surface area contributed by atoms with Crippen LogP contribution in [0.3, 0.4) is 0 Å². The molecule has 0 spiro atoms. The molecule has 1 heterocycles. The van der Waals surface area contributed by atoms with Gasteiger partial charge in [-0.15, -0.1) is 0 Å². The average Bonchev–Trinajstić information content (AvgIpc) is 2.85. The van der Waals surface area contributed by atoms with Crippen LogP contribution in [0, 0.1) is 11.3 Å². The molecule has 0 aliphatic heterocycles. The second kappa shape index (κ2) is 5.59. The van der Waals surface area contributed by atoms with Crippen LogP contribution in [-0.2, 0) is 4.74 Å². The Bertz CT molecular complexity index is 388. The maximum absolute atomic E-state index is 5.98. The van der Waals surface area contributed by atoms with Gasteiger partial charge in [0.1, 0.15) is 12.2 Å². The SMILES string of the molecule is CC(C)COC1CC(NC(C)c2ncn[nH]2)C1(C)C. The summed E-state index contributed by atoms with van der Waals surface area (Å²) in [6.07, 6.45) is 2.97. The second-order valence-corrected chi connectivity index (χ2v) is 6.58. The van der Waals surface area contributed by atoms with E-state index in [1.807, 2.05) is 0 Å². The molecule has 5 heteroatoms. The van der Waals surface area contributed by atoms with Crippen LogP contribution in [0.4, 0.5) is 0 Å². The Morgan fingerprint density at radius 2 is 2.21 bits per heavy atom. The van der Waals surface area contributed by atoms with E-state index in [9.17, 15) is 0 Å². The van der Waals surface area contributed by atoms with E-state index in [4.69, 9.17) is 4.74 Å². The van der Waals surface area contributed by atoms with Gasteiger partial charge in [-0.1, -0.05) is 27.7 Å². The summed E-state index contributed by atoms with van der Waals surface area (Å²) in [5.41, 5.74) is 0.170. The van der Waals surface area contributed by atoms with Gasteiger partial charge in [-0.3, -0.25) is 5.10 Å². The van der Waals surface area contributed by atoms with Crippen LogP contribution in [0.15, 0.2) is 6.33 Å². The van der Waals surface area contributed by atoms with Gasteiger partial charge in [0.05, 0.1) is 12.1 Å². The van der Waals surface area contributed by atoms with Gasteiger partial charge < -0.3 is 10.1 Å². The topological polar surface area (TPSA) is 62.8 Å². The van der Waals surface area contributed by atoms with E-state index < -0.39 is 0 Å². The lowest BCUT2D eigenvalue weighted by Crippen LogP contribution is -2.61. The maximum Gasteiger partial charge on any atom is 0.141 e. The van der Waals surface area contributed by atoms with Crippen molar-refractivity contribution < 1.29 is 4.74 Å². The van der Waals surface area contributed by atoms with Gasteiger partial charge in [0, 0.05) is 18.1 Å². The molecule has 1 aromatic rings. The maximum atomic E-state index is 5.98. The van der Waals surface area contributed by atoms with Crippen LogP contribution < -0.4 is 5.32 Å². The number of H-pyrrole nitrogens is 1. The van der Waals surface area contributed by atoms with E-state index >= 15 is 0 Å². The normalized spacial score (nSPS) is 27.3. The van der Waals surface area contributed by atoms with E-state index in [1.165, 1.54) is 0 Å². The number of ether oxygens (including phenoxy) is 1. The van der Waals surface area contributed by atoms with E-state index in [-0.39, 0.29) is 11.5 Å². The zero-order valence-electron chi connectivity index (χ0n) is 12.6. The number of hydrogen-bond donors (Lipinski definition) is 2. The lowest BCUT2D eigenvalue weighted by atomic mass is 9.64. The summed E-state index contributed by atoms with van der Waals surface area (Å²) in [4.78, 5) is 4.19. The van der Waals surface area contributed by atoms with Crippen molar-refractivity contribution in [2.75, 3.05) is 6.61 Å². The summed E-state index contributed by atoms with van der Waals surface area (Å²) in [5, 5.41) is 10.4. The average molecular weight is 266 g/mol. The first-order valence-electron chi connectivity index (χ1n) is 7.14. The van der Waals surface area contributed by atoms with Crippen molar-refractivity contribution in [3.8, 4) is 0 Å². The molecule has 2 rings (SSSR count). The molecule has 1 aromatic heterocycles. The molecule has 0 radical (unpaired) electrons. The summed E-state index contributed by atoms with van der Waals surface area (Å²) in [6, 6.07) is 0.655. The molecule has 0 aromatic carbocycles. The molecule has 1 aliphatic rings. The van der Waals surface area contributed by atoms with Crippen LogP contribution in [-0.4, -0.2) is 33.9 Å². The molecule has 0 amide bonds. The Hall–Kier alpha value is -0.940. The Kier molecular flexibility index (Phi) is 4.26. The quantitative estimate of drug-likeness (QED) is 0.829. The largest absolute Gasteiger partial charge is 0.377 e. The van der Waals surface area contributed by atoms with E-state index in [0.29, 0.717) is 18.1 Å². The fourth-order valence-electron chi connectivity index (χ4n) is 2.56. The molecule has 1 saturated carbocycles. The number of hydrogen-bond acceptors (Lipinski definition) is 4. The highest BCUT2D eigenvalue weighted by atomic mass is 16.5. The molecule has 0 saturated heterocycles. The number of nitrogens with zero attached hydrogens (tertiary/aromatic N) is 2. The van der Waals surface area contributed by atoms with Crippen LogP contribution in [0.5, 0.6) is 0 Å². The zero-order chi connectivity index (χ0) is 14.0. The fraction of sp³-hybridized carbons (Fsp3) is 0.857. The van der Waals surface area contributed by atoms with Gasteiger partial charge in [0.2, 0.25) is 0 Å². The molecule has 1 aliphatic carbocycles. The van der Waals surface area contributed by atoms with Crippen molar-refractivity contribution in [3.05, 3.63) is 12.2 Å². The minimum Gasteiger partial charge on any atom is -0.377 e. The van der Waals surface area contributed by atoms with E-state index in [1.54, 1.807) is 6.33 Å². The van der Waals surface area contributed by atoms with Gasteiger partial charge in [-0.05, 0) is 19.3 Å². The zero-order valence-corrected chi connectivity index (χ0v) is 12.6. The molecule has 1 fully saturated rings. The lowest BCUT2D eigenvalue weighted by molar-refractivity contribution is -0.125. The Morgan fingerprint density at radius 3 is 2.74 bits per heavy atom. The summed E-state index contributed by atoms with van der Waals surface area (Å²) in [7, 11) is 0. The van der Waals surface area contributed by atoms with Crippen LogP contribution in [0.25, 0.3) is 0 Å². The smallest absolute Gasteiger partial charge is 0.141 e. The van der Waals surface area contributed by atoms with Gasteiger partial charge in [-0.25, -0.2) is 4.98 Å². The number of aromatic amines is 1. The highest BCUT2D eigenvalue weighted by molar-refractivity contribution is 5.05. The molecular formula is C14H26N4O. The van der Waals surface area contributed by atoms with Gasteiger partial charge >= 0.3 is 0 Å². The first-order chi connectivity index (χ1) is 8.91. The second-order valence-electron chi connectivity index (χ2n) is 6.58. The molecule has 0 bridgehead atoms. The third-order valence-corrected chi connectivity index (χ3v) is 4.10. The highest BCUT2D eigenvalue weighted by Crippen LogP contribution is 2.43. The van der Waals surface area contributed by atoms with Crippen molar-refractivity contribution in [3.63, 3.8) is 0 Å². The third-order valence-electron chi connectivity index (χ3n) is 4.10. The van der Waals surface area contributed by atoms with Crippen LogP contribution in [0.2, 0.25) is 0 Å². The fourth-order valence-corrected chi connectivity index (χ4v) is 2.56. The minimum atomic E-state index is 0.170. The van der Waals surface area contributed by atoms with E-state index in [2.05, 4.69) is 55.1 Å². The molecule has 19 heavy (non-hydrogen) atoms. The van der Waals surface area contributed by atoms with Crippen molar-refractivity contribution in [1.82, 2.24) is 20.5 Å². The van der Waals surface area contributed by atoms with Crippen molar-refractivity contribution >= 4 is 0 Å². The van der Waals surface area contributed by atoms with Gasteiger partial charge in [-0.2, -0.15) is 5.10 Å².